The van der Waals surface area contributed by atoms with Gasteiger partial charge in [0.25, 0.3) is 0 Å². The molecule has 1 aliphatic rings. The third kappa shape index (κ3) is 3.64. The predicted molar refractivity (Wildman–Crippen MR) is 96.0 cm³/mol. The van der Waals surface area contributed by atoms with Gasteiger partial charge in [-0.2, -0.15) is 4.68 Å². The van der Waals surface area contributed by atoms with Gasteiger partial charge in [-0.3, -0.25) is 9.69 Å². The molecule has 25 heavy (non-hydrogen) atoms. The molecule has 0 radical (unpaired) electrons. The molecule has 134 valence electrons. The predicted octanol–water partition coefficient (Wildman–Crippen LogP) is 2.26. The third-order valence-electron chi connectivity index (χ3n) is 4.90. The summed E-state index contributed by atoms with van der Waals surface area (Å²) in [5, 5.41) is 8.45. The van der Waals surface area contributed by atoms with Crippen LogP contribution in [0.4, 0.5) is 0 Å². The van der Waals surface area contributed by atoms with E-state index in [2.05, 4.69) is 35.2 Å². The Morgan fingerprint density at radius 3 is 2.68 bits per heavy atom. The number of methoxy groups -OCH3 is 1. The summed E-state index contributed by atoms with van der Waals surface area (Å²) < 4.78 is 8.84. The van der Waals surface area contributed by atoms with E-state index in [1.807, 2.05) is 12.1 Å². The van der Waals surface area contributed by atoms with Crippen LogP contribution < -0.4 is 0 Å². The van der Waals surface area contributed by atoms with E-state index in [1.165, 1.54) is 12.7 Å². The van der Waals surface area contributed by atoms with Crippen molar-refractivity contribution in [3.63, 3.8) is 0 Å². The lowest BCUT2D eigenvalue weighted by Gasteiger charge is -2.29. The Bertz CT molecular complexity index is 821. The highest BCUT2D eigenvalue weighted by atomic mass is 32.1. The Hall–Kier alpha value is -2.06. The van der Waals surface area contributed by atoms with Crippen LogP contribution in [0.1, 0.15) is 24.0 Å². The average molecular weight is 361 g/mol. The van der Waals surface area contributed by atoms with E-state index in [0.717, 1.165) is 37.2 Å². The van der Waals surface area contributed by atoms with Crippen molar-refractivity contribution in [3.8, 4) is 5.69 Å². The molecule has 0 atom stereocenters. The number of tetrazole rings is 1. The van der Waals surface area contributed by atoms with E-state index in [0.29, 0.717) is 11.4 Å². The standard InChI is InChI=1S/C17H23N5O2S/c1-12-5-4-6-15(13(12)2)22-17(25)21(18-19-22)11-20-9-7-14(8-10-20)16(23)24-3/h4-6,14H,7-11H2,1-3H3. The van der Waals surface area contributed by atoms with Crippen LogP contribution in [0.25, 0.3) is 5.69 Å². The molecule has 0 unspecified atom stereocenters. The van der Waals surface area contributed by atoms with Crippen molar-refractivity contribution in [2.75, 3.05) is 20.2 Å². The summed E-state index contributed by atoms with van der Waals surface area (Å²) in [4.78, 5) is 13.9. The zero-order valence-electron chi connectivity index (χ0n) is 14.8. The second kappa shape index (κ2) is 7.45. The average Bonchev–Trinajstić information content (AvgIpc) is 2.98. The Morgan fingerprint density at radius 2 is 2.00 bits per heavy atom. The van der Waals surface area contributed by atoms with Gasteiger partial charge in [-0.05, 0) is 66.5 Å². The number of hydrogen-bond donors (Lipinski definition) is 0. The minimum atomic E-state index is -0.114. The van der Waals surface area contributed by atoms with Crippen LogP contribution in [0.2, 0.25) is 0 Å². The zero-order chi connectivity index (χ0) is 18.0. The van der Waals surface area contributed by atoms with E-state index in [1.54, 1.807) is 9.36 Å². The molecule has 3 rings (SSSR count). The van der Waals surface area contributed by atoms with E-state index in [4.69, 9.17) is 17.0 Å². The third-order valence-corrected chi connectivity index (χ3v) is 5.28. The molecule has 0 spiro atoms. The van der Waals surface area contributed by atoms with Gasteiger partial charge in [-0.25, -0.2) is 4.68 Å². The second-order valence-corrected chi connectivity index (χ2v) is 6.81. The van der Waals surface area contributed by atoms with Gasteiger partial charge in [0.05, 0.1) is 25.4 Å². The van der Waals surface area contributed by atoms with Crippen LogP contribution in [0.15, 0.2) is 18.2 Å². The van der Waals surface area contributed by atoms with Crippen molar-refractivity contribution in [2.24, 2.45) is 5.92 Å². The number of aryl methyl sites for hydroxylation is 1. The molecule has 1 saturated heterocycles. The summed E-state index contributed by atoms with van der Waals surface area (Å²) in [6.07, 6.45) is 1.59. The van der Waals surface area contributed by atoms with Crippen LogP contribution >= 0.6 is 12.2 Å². The summed E-state index contributed by atoms with van der Waals surface area (Å²) in [6.45, 7) is 6.34. The number of carbonyl (C=O) groups is 1. The quantitative estimate of drug-likeness (QED) is 0.615. The van der Waals surface area contributed by atoms with Crippen LogP contribution in [-0.4, -0.2) is 50.9 Å². The highest BCUT2D eigenvalue weighted by Gasteiger charge is 2.26. The lowest BCUT2D eigenvalue weighted by molar-refractivity contribution is -0.147. The molecule has 1 aliphatic heterocycles. The first-order valence-electron chi connectivity index (χ1n) is 8.41. The number of carbonyl (C=O) groups excluding carboxylic acids is 1. The molecular weight excluding hydrogens is 338 g/mol. The summed E-state index contributed by atoms with van der Waals surface area (Å²) >= 11 is 5.56. The van der Waals surface area contributed by atoms with Crippen molar-refractivity contribution in [3.05, 3.63) is 34.1 Å². The molecule has 0 aliphatic carbocycles. The summed E-state index contributed by atoms with van der Waals surface area (Å²) in [5.41, 5.74) is 3.30. The number of benzene rings is 1. The lowest BCUT2D eigenvalue weighted by atomic mass is 9.97. The molecule has 1 aromatic carbocycles. The first kappa shape index (κ1) is 17.8. The Balaban J connectivity index is 1.72. The van der Waals surface area contributed by atoms with E-state index in [9.17, 15) is 4.79 Å². The normalized spacial score (nSPS) is 16.1. The van der Waals surface area contributed by atoms with Gasteiger partial charge in [-0.15, -0.1) is 0 Å². The van der Waals surface area contributed by atoms with Gasteiger partial charge in [0.1, 0.15) is 0 Å². The van der Waals surface area contributed by atoms with Crippen molar-refractivity contribution < 1.29 is 9.53 Å². The number of likely N-dealkylation sites (tertiary alicyclic amines) is 1. The first-order chi connectivity index (χ1) is 12.0. The topological polar surface area (TPSA) is 65.2 Å². The van der Waals surface area contributed by atoms with E-state index >= 15 is 0 Å². The number of hydrogen-bond acceptors (Lipinski definition) is 6. The molecule has 1 fully saturated rings. The molecule has 0 bridgehead atoms. The van der Waals surface area contributed by atoms with Gasteiger partial charge in [-0.1, -0.05) is 12.1 Å². The maximum Gasteiger partial charge on any atom is 0.308 e. The molecule has 1 aromatic heterocycles. The number of ether oxygens (including phenoxy) is 1. The SMILES string of the molecule is COC(=O)C1CCN(Cn2nnn(-c3cccc(C)c3C)c2=S)CC1. The molecule has 0 N–H and O–H groups in total. The Labute approximate surface area is 152 Å². The maximum atomic E-state index is 11.6. The zero-order valence-corrected chi connectivity index (χ0v) is 15.6. The van der Waals surface area contributed by atoms with Crippen LogP contribution in [-0.2, 0) is 16.2 Å². The number of piperidine rings is 1. The minimum absolute atomic E-state index is 0.000141. The number of rotatable bonds is 4. The Morgan fingerprint density at radius 1 is 1.28 bits per heavy atom. The number of aromatic nitrogens is 4. The van der Waals surface area contributed by atoms with Crippen LogP contribution in [0.3, 0.4) is 0 Å². The smallest absolute Gasteiger partial charge is 0.308 e. The molecule has 7 nitrogen and oxygen atoms in total. The number of nitrogens with zero attached hydrogens (tertiary/aromatic N) is 5. The fraction of sp³-hybridized carbons (Fsp3) is 0.529. The van der Waals surface area contributed by atoms with E-state index < -0.39 is 0 Å². The summed E-state index contributed by atoms with van der Waals surface area (Å²) in [7, 11) is 1.44. The van der Waals surface area contributed by atoms with Crippen molar-refractivity contribution in [1.29, 1.82) is 0 Å². The second-order valence-electron chi connectivity index (χ2n) is 6.45. The largest absolute Gasteiger partial charge is 0.469 e. The van der Waals surface area contributed by atoms with Gasteiger partial charge in [0, 0.05) is 13.1 Å². The van der Waals surface area contributed by atoms with E-state index in [-0.39, 0.29) is 11.9 Å². The molecular formula is C17H23N5O2S. The molecule has 0 amide bonds. The van der Waals surface area contributed by atoms with Crippen molar-refractivity contribution in [1.82, 2.24) is 24.7 Å². The maximum absolute atomic E-state index is 11.6. The van der Waals surface area contributed by atoms with Gasteiger partial charge >= 0.3 is 5.97 Å². The van der Waals surface area contributed by atoms with Crippen molar-refractivity contribution in [2.45, 2.75) is 33.4 Å². The Kier molecular flexibility index (Phi) is 5.29. The summed E-state index contributed by atoms with van der Waals surface area (Å²) in [5.74, 6) is -0.114. The molecule has 2 aromatic rings. The fourth-order valence-corrected chi connectivity index (χ4v) is 3.37. The highest BCUT2D eigenvalue weighted by molar-refractivity contribution is 7.71. The monoisotopic (exact) mass is 361 g/mol. The first-order valence-corrected chi connectivity index (χ1v) is 8.81. The highest BCUT2D eigenvalue weighted by Crippen LogP contribution is 2.20. The van der Waals surface area contributed by atoms with Crippen molar-refractivity contribution >= 4 is 18.2 Å². The fourth-order valence-electron chi connectivity index (χ4n) is 3.15. The summed E-state index contributed by atoms with van der Waals surface area (Å²) in [6, 6.07) is 6.06. The van der Waals surface area contributed by atoms with Gasteiger partial charge < -0.3 is 4.74 Å². The number of esters is 1. The lowest BCUT2D eigenvalue weighted by Crippen LogP contribution is -2.38. The molecule has 2 heterocycles. The molecule has 0 saturated carbocycles. The minimum Gasteiger partial charge on any atom is -0.469 e. The van der Waals surface area contributed by atoms with Crippen LogP contribution in [0.5, 0.6) is 0 Å². The van der Waals surface area contributed by atoms with Gasteiger partial charge in [0.15, 0.2) is 0 Å². The van der Waals surface area contributed by atoms with Gasteiger partial charge in [0.2, 0.25) is 4.77 Å². The van der Waals surface area contributed by atoms with Crippen LogP contribution in [0, 0.1) is 24.5 Å². The molecule has 8 heteroatoms.